The molecule has 0 aliphatic carbocycles. The number of nitrogens with zero attached hydrogens (tertiary/aromatic N) is 1. The van der Waals surface area contributed by atoms with Crippen LogP contribution in [0.1, 0.15) is 19.4 Å². The van der Waals surface area contributed by atoms with Crippen LogP contribution in [0.25, 0.3) is 0 Å². The van der Waals surface area contributed by atoms with Crippen LogP contribution < -0.4 is 11.1 Å². The topological polar surface area (TPSA) is 98.3 Å². The summed E-state index contributed by atoms with van der Waals surface area (Å²) in [6.07, 6.45) is 0. The SMILES string of the molecule is CC(C)C(NCc1ccc(Cl)c([N+](=O)[O-])c1)C(N)=O. The van der Waals surface area contributed by atoms with Crippen molar-refractivity contribution in [3.05, 3.63) is 38.9 Å². The van der Waals surface area contributed by atoms with E-state index >= 15 is 0 Å². The van der Waals surface area contributed by atoms with Gasteiger partial charge < -0.3 is 11.1 Å². The number of halogens is 1. The van der Waals surface area contributed by atoms with Gasteiger partial charge in [-0.3, -0.25) is 14.9 Å². The summed E-state index contributed by atoms with van der Waals surface area (Å²) in [6.45, 7) is 4.04. The third-order valence-electron chi connectivity index (χ3n) is 2.71. The van der Waals surface area contributed by atoms with E-state index in [-0.39, 0.29) is 16.6 Å². The Morgan fingerprint density at radius 1 is 1.53 bits per heavy atom. The molecule has 1 aromatic rings. The van der Waals surface area contributed by atoms with Gasteiger partial charge in [0, 0.05) is 12.6 Å². The summed E-state index contributed by atoms with van der Waals surface area (Å²) >= 11 is 5.72. The minimum atomic E-state index is -0.542. The molecule has 1 amide bonds. The molecule has 0 heterocycles. The number of amides is 1. The summed E-state index contributed by atoms with van der Waals surface area (Å²) in [5.41, 5.74) is 5.79. The Hall–Kier alpha value is -1.66. The number of nitro groups is 1. The molecule has 7 heteroatoms. The van der Waals surface area contributed by atoms with Crippen molar-refractivity contribution in [2.45, 2.75) is 26.4 Å². The van der Waals surface area contributed by atoms with Gasteiger partial charge in [-0.15, -0.1) is 0 Å². The van der Waals surface area contributed by atoms with Gasteiger partial charge in [0.15, 0.2) is 0 Å². The van der Waals surface area contributed by atoms with Crippen LogP contribution in [0.3, 0.4) is 0 Å². The van der Waals surface area contributed by atoms with E-state index in [1.807, 2.05) is 13.8 Å². The first-order valence-electron chi connectivity index (χ1n) is 5.78. The van der Waals surface area contributed by atoms with Gasteiger partial charge in [0.1, 0.15) is 5.02 Å². The van der Waals surface area contributed by atoms with E-state index in [2.05, 4.69) is 5.32 Å². The number of nitrogens with one attached hydrogen (secondary N) is 1. The van der Waals surface area contributed by atoms with Crippen molar-refractivity contribution in [2.75, 3.05) is 0 Å². The molecular formula is C12H16ClN3O3. The second-order valence-corrected chi connectivity index (χ2v) is 4.96. The summed E-state index contributed by atoms with van der Waals surface area (Å²) in [5.74, 6) is -0.404. The molecule has 0 spiro atoms. The van der Waals surface area contributed by atoms with Crippen molar-refractivity contribution in [1.29, 1.82) is 0 Å². The lowest BCUT2D eigenvalue weighted by molar-refractivity contribution is -0.384. The molecule has 0 aromatic heterocycles. The van der Waals surface area contributed by atoms with Crippen LogP contribution in [0.2, 0.25) is 5.02 Å². The second kappa shape index (κ2) is 6.49. The highest BCUT2D eigenvalue weighted by Gasteiger charge is 2.19. The molecule has 1 aromatic carbocycles. The number of carbonyl (C=O) groups is 1. The lowest BCUT2D eigenvalue weighted by atomic mass is 10.0. The van der Waals surface area contributed by atoms with E-state index in [1.54, 1.807) is 6.07 Å². The Bertz CT molecular complexity index is 491. The largest absolute Gasteiger partial charge is 0.368 e. The summed E-state index contributed by atoms with van der Waals surface area (Å²) in [5, 5.41) is 13.8. The maximum atomic E-state index is 11.2. The van der Waals surface area contributed by atoms with Gasteiger partial charge in [-0.1, -0.05) is 31.5 Å². The number of nitrogens with two attached hydrogens (primary N) is 1. The van der Waals surface area contributed by atoms with Crippen LogP contribution in [-0.2, 0) is 11.3 Å². The van der Waals surface area contributed by atoms with E-state index in [9.17, 15) is 14.9 Å². The maximum Gasteiger partial charge on any atom is 0.288 e. The van der Waals surface area contributed by atoms with Crippen molar-refractivity contribution >= 4 is 23.2 Å². The Balaban J connectivity index is 2.80. The Kier molecular flexibility index (Phi) is 5.26. The van der Waals surface area contributed by atoms with Crippen molar-refractivity contribution in [1.82, 2.24) is 5.32 Å². The molecule has 0 aliphatic heterocycles. The Morgan fingerprint density at radius 2 is 2.16 bits per heavy atom. The van der Waals surface area contributed by atoms with Crippen LogP contribution in [0.15, 0.2) is 18.2 Å². The fourth-order valence-corrected chi connectivity index (χ4v) is 1.89. The zero-order chi connectivity index (χ0) is 14.6. The lowest BCUT2D eigenvalue weighted by Gasteiger charge is -2.18. The molecule has 104 valence electrons. The molecule has 1 rings (SSSR count). The molecule has 6 nitrogen and oxygen atoms in total. The van der Waals surface area contributed by atoms with Crippen molar-refractivity contribution < 1.29 is 9.72 Å². The molecule has 3 N–H and O–H groups in total. The number of hydrogen-bond donors (Lipinski definition) is 2. The average Bonchev–Trinajstić information content (AvgIpc) is 2.30. The molecule has 1 atom stereocenters. The highest BCUT2D eigenvalue weighted by molar-refractivity contribution is 6.32. The van der Waals surface area contributed by atoms with Gasteiger partial charge in [0.2, 0.25) is 5.91 Å². The number of primary amides is 1. The Morgan fingerprint density at radius 3 is 2.63 bits per heavy atom. The number of nitro benzene ring substituents is 1. The van der Waals surface area contributed by atoms with Crippen LogP contribution in [0, 0.1) is 16.0 Å². The van der Waals surface area contributed by atoms with E-state index in [1.165, 1.54) is 12.1 Å². The number of rotatable bonds is 6. The number of benzene rings is 1. The maximum absolute atomic E-state index is 11.2. The highest BCUT2D eigenvalue weighted by Crippen LogP contribution is 2.25. The minimum absolute atomic E-state index is 0.0415. The van der Waals surface area contributed by atoms with Gasteiger partial charge in [-0.25, -0.2) is 0 Å². The van der Waals surface area contributed by atoms with Gasteiger partial charge >= 0.3 is 0 Å². The predicted octanol–water partition coefficient (Wildman–Crippen LogP) is 1.85. The molecule has 0 aliphatic rings. The molecular weight excluding hydrogens is 270 g/mol. The van der Waals surface area contributed by atoms with Crippen molar-refractivity contribution in [2.24, 2.45) is 11.7 Å². The first kappa shape index (κ1) is 15.4. The Labute approximate surface area is 116 Å². The van der Waals surface area contributed by atoms with Gasteiger partial charge in [-0.05, 0) is 17.5 Å². The monoisotopic (exact) mass is 285 g/mol. The van der Waals surface area contributed by atoms with E-state index < -0.39 is 16.9 Å². The van der Waals surface area contributed by atoms with Gasteiger partial charge in [0.05, 0.1) is 11.0 Å². The fourth-order valence-electron chi connectivity index (χ4n) is 1.70. The lowest BCUT2D eigenvalue weighted by Crippen LogP contribution is -2.44. The summed E-state index contributed by atoms with van der Waals surface area (Å²) in [4.78, 5) is 21.4. The van der Waals surface area contributed by atoms with Crippen molar-refractivity contribution in [3.63, 3.8) is 0 Å². The smallest absolute Gasteiger partial charge is 0.288 e. The normalized spacial score (nSPS) is 12.4. The van der Waals surface area contributed by atoms with Crippen LogP contribution >= 0.6 is 11.6 Å². The first-order chi connectivity index (χ1) is 8.82. The zero-order valence-electron chi connectivity index (χ0n) is 10.7. The molecule has 0 saturated heterocycles. The van der Waals surface area contributed by atoms with Gasteiger partial charge in [0.25, 0.3) is 5.69 Å². The molecule has 0 bridgehead atoms. The number of carbonyl (C=O) groups excluding carboxylic acids is 1. The first-order valence-corrected chi connectivity index (χ1v) is 6.16. The van der Waals surface area contributed by atoms with E-state index in [4.69, 9.17) is 17.3 Å². The summed E-state index contributed by atoms with van der Waals surface area (Å²) in [6, 6.07) is 4.04. The summed E-state index contributed by atoms with van der Waals surface area (Å²) in [7, 11) is 0. The molecule has 0 fully saturated rings. The average molecular weight is 286 g/mol. The molecule has 19 heavy (non-hydrogen) atoms. The molecule has 0 saturated carbocycles. The molecule has 1 unspecified atom stereocenters. The minimum Gasteiger partial charge on any atom is -0.368 e. The third-order valence-corrected chi connectivity index (χ3v) is 3.03. The van der Waals surface area contributed by atoms with Gasteiger partial charge in [-0.2, -0.15) is 0 Å². The highest BCUT2D eigenvalue weighted by atomic mass is 35.5. The van der Waals surface area contributed by atoms with Crippen LogP contribution in [-0.4, -0.2) is 16.9 Å². The standard InChI is InChI=1S/C12H16ClN3O3/c1-7(2)11(12(14)17)15-6-8-3-4-9(13)10(5-8)16(18)19/h3-5,7,11,15H,6H2,1-2H3,(H2,14,17). The van der Waals surface area contributed by atoms with Crippen LogP contribution in [0.5, 0.6) is 0 Å². The van der Waals surface area contributed by atoms with E-state index in [0.717, 1.165) is 0 Å². The van der Waals surface area contributed by atoms with Crippen molar-refractivity contribution in [3.8, 4) is 0 Å². The van der Waals surface area contributed by atoms with E-state index in [0.29, 0.717) is 12.1 Å². The predicted molar refractivity (Wildman–Crippen MR) is 72.8 cm³/mol. The zero-order valence-corrected chi connectivity index (χ0v) is 11.5. The summed E-state index contributed by atoms with van der Waals surface area (Å²) < 4.78 is 0. The second-order valence-electron chi connectivity index (χ2n) is 4.55. The third kappa shape index (κ3) is 4.18. The molecule has 0 radical (unpaired) electrons. The fraction of sp³-hybridized carbons (Fsp3) is 0.417. The number of hydrogen-bond acceptors (Lipinski definition) is 4. The van der Waals surface area contributed by atoms with Crippen LogP contribution in [0.4, 0.5) is 5.69 Å². The quantitative estimate of drug-likeness (QED) is 0.615.